The number of halogens is 3. The summed E-state index contributed by atoms with van der Waals surface area (Å²) in [7, 11) is -2.19. The van der Waals surface area contributed by atoms with Crippen LogP contribution in [0, 0.1) is 5.82 Å². The Labute approximate surface area is 173 Å². The normalized spacial score (nSPS) is 16.4. The van der Waals surface area contributed by atoms with E-state index < -0.39 is 15.8 Å². The molecule has 3 aromatic rings. The van der Waals surface area contributed by atoms with Crippen molar-refractivity contribution in [3.05, 3.63) is 75.7 Å². The Morgan fingerprint density at radius 2 is 1.96 bits per heavy atom. The Kier molecular flexibility index (Phi) is 5.00. The number of hydrogen-bond donors (Lipinski definition) is 1. The fourth-order valence-corrected chi connectivity index (χ4v) is 5.56. The number of benzene rings is 2. The summed E-state index contributed by atoms with van der Waals surface area (Å²) in [5, 5.41) is 4.06. The highest BCUT2D eigenvalue weighted by Crippen LogP contribution is 2.43. The standard InChI is InChI=1S/C20H17Cl2FN2O2S/c1-24-19-8-6-15-17(19)11-25(20(15)16-9-12(21)5-7-18(16)22)28(26,27)14-4-2-3-13(23)10-14/h2-5,7,9-11,19,24H,6,8H2,1H3. The summed E-state index contributed by atoms with van der Waals surface area (Å²) in [4.78, 5) is -0.124. The van der Waals surface area contributed by atoms with Crippen LogP contribution >= 0.6 is 23.2 Å². The van der Waals surface area contributed by atoms with Crippen LogP contribution in [0.2, 0.25) is 10.0 Å². The van der Waals surface area contributed by atoms with Crippen LogP contribution in [0.15, 0.2) is 53.6 Å². The van der Waals surface area contributed by atoms with Gasteiger partial charge in [-0.05, 0) is 67.4 Å². The van der Waals surface area contributed by atoms with Crippen LogP contribution in [0.25, 0.3) is 11.3 Å². The van der Waals surface area contributed by atoms with Crippen LogP contribution in [0.1, 0.15) is 23.6 Å². The molecule has 146 valence electrons. The molecule has 2 aromatic carbocycles. The van der Waals surface area contributed by atoms with E-state index in [1.54, 1.807) is 24.4 Å². The molecule has 1 aliphatic rings. The lowest BCUT2D eigenvalue weighted by molar-refractivity contribution is 0.577. The summed E-state index contributed by atoms with van der Waals surface area (Å²) in [5.41, 5.74) is 2.81. The maximum atomic E-state index is 13.7. The quantitative estimate of drug-likeness (QED) is 0.620. The van der Waals surface area contributed by atoms with Crippen LogP contribution in [-0.2, 0) is 16.4 Å². The molecular weight excluding hydrogens is 422 g/mol. The Morgan fingerprint density at radius 1 is 1.18 bits per heavy atom. The molecule has 8 heteroatoms. The van der Waals surface area contributed by atoms with Gasteiger partial charge in [-0.25, -0.2) is 16.8 Å². The van der Waals surface area contributed by atoms with Crippen molar-refractivity contribution in [2.45, 2.75) is 23.8 Å². The van der Waals surface area contributed by atoms with Crippen molar-refractivity contribution in [3.63, 3.8) is 0 Å². The molecule has 1 aromatic heterocycles. The van der Waals surface area contributed by atoms with Crippen molar-refractivity contribution in [2.75, 3.05) is 7.05 Å². The van der Waals surface area contributed by atoms with Gasteiger partial charge in [0.15, 0.2) is 0 Å². The average Bonchev–Trinajstić information content (AvgIpc) is 3.23. The van der Waals surface area contributed by atoms with Crippen LogP contribution in [0.5, 0.6) is 0 Å². The first kappa shape index (κ1) is 19.5. The summed E-state index contributed by atoms with van der Waals surface area (Å²) < 4.78 is 41.7. The molecular formula is C20H17Cl2FN2O2S. The van der Waals surface area contributed by atoms with Crippen molar-refractivity contribution in [1.29, 1.82) is 0 Å². The van der Waals surface area contributed by atoms with E-state index in [1.165, 1.54) is 22.2 Å². The molecule has 0 fully saturated rings. The Bertz CT molecular complexity index is 1170. The van der Waals surface area contributed by atoms with Crippen LogP contribution in [0.4, 0.5) is 4.39 Å². The number of rotatable bonds is 4. The van der Waals surface area contributed by atoms with Crippen LogP contribution in [-0.4, -0.2) is 19.4 Å². The molecule has 1 aliphatic carbocycles. The second-order valence-electron chi connectivity index (χ2n) is 6.67. The molecule has 28 heavy (non-hydrogen) atoms. The van der Waals surface area contributed by atoms with Gasteiger partial charge >= 0.3 is 0 Å². The number of fused-ring (bicyclic) bond motifs is 1. The largest absolute Gasteiger partial charge is 0.313 e. The van der Waals surface area contributed by atoms with Gasteiger partial charge in [-0.15, -0.1) is 0 Å². The third kappa shape index (κ3) is 3.14. The van der Waals surface area contributed by atoms with Gasteiger partial charge in [0.2, 0.25) is 0 Å². The van der Waals surface area contributed by atoms with Gasteiger partial charge in [-0.1, -0.05) is 29.3 Å². The minimum Gasteiger partial charge on any atom is -0.313 e. The minimum absolute atomic E-state index is 0.0377. The zero-order valence-electron chi connectivity index (χ0n) is 14.9. The van der Waals surface area contributed by atoms with Crippen LogP contribution < -0.4 is 5.32 Å². The van der Waals surface area contributed by atoms with E-state index in [0.717, 1.165) is 23.6 Å². The van der Waals surface area contributed by atoms with Crippen LogP contribution in [0.3, 0.4) is 0 Å². The van der Waals surface area contributed by atoms with E-state index in [4.69, 9.17) is 23.2 Å². The molecule has 0 saturated heterocycles. The molecule has 1 heterocycles. The molecule has 0 radical (unpaired) electrons. The molecule has 0 spiro atoms. The van der Waals surface area contributed by atoms with E-state index in [1.807, 2.05) is 7.05 Å². The monoisotopic (exact) mass is 438 g/mol. The summed E-state index contributed by atoms with van der Waals surface area (Å²) in [5.74, 6) is -0.615. The van der Waals surface area contributed by atoms with E-state index in [0.29, 0.717) is 27.7 Å². The van der Waals surface area contributed by atoms with Crippen molar-refractivity contribution < 1.29 is 12.8 Å². The fourth-order valence-electron chi connectivity index (χ4n) is 3.74. The van der Waals surface area contributed by atoms with E-state index >= 15 is 0 Å². The molecule has 1 unspecified atom stereocenters. The lowest BCUT2D eigenvalue weighted by Crippen LogP contribution is -2.16. The van der Waals surface area contributed by atoms with Crippen molar-refractivity contribution in [3.8, 4) is 11.3 Å². The zero-order valence-corrected chi connectivity index (χ0v) is 17.2. The maximum absolute atomic E-state index is 13.7. The first-order valence-corrected chi connectivity index (χ1v) is 10.9. The van der Waals surface area contributed by atoms with E-state index in [9.17, 15) is 12.8 Å². The highest BCUT2D eigenvalue weighted by molar-refractivity contribution is 7.90. The second-order valence-corrected chi connectivity index (χ2v) is 9.33. The minimum atomic E-state index is -4.03. The molecule has 0 aliphatic heterocycles. The van der Waals surface area contributed by atoms with Gasteiger partial charge in [0.05, 0.1) is 15.6 Å². The predicted octanol–water partition coefficient (Wildman–Crippen LogP) is 5.04. The van der Waals surface area contributed by atoms with Crippen molar-refractivity contribution >= 4 is 33.2 Å². The van der Waals surface area contributed by atoms with Gasteiger partial charge in [-0.3, -0.25) is 0 Å². The molecule has 0 saturated carbocycles. The number of hydrogen-bond acceptors (Lipinski definition) is 3. The Balaban J connectivity index is 2.02. The molecule has 1 N–H and O–H groups in total. The molecule has 0 amide bonds. The van der Waals surface area contributed by atoms with Gasteiger partial charge in [-0.2, -0.15) is 0 Å². The number of nitrogens with one attached hydrogen (secondary N) is 1. The summed E-state index contributed by atoms with van der Waals surface area (Å²) in [6, 6.07) is 9.96. The lowest BCUT2D eigenvalue weighted by atomic mass is 10.1. The van der Waals surface area contributed by atoms with Gasteiger partial charge in [0.1, 0.15) is 5.82 Å². The third-order valence-corrected chi connectivity index (χ3v) is 7.27. The smallest absolute Gasteiger partial charge is 0.268 e. The maximum Gasteiger partial charge on any atom is 0.268 e. The highest BCUT2D eigenvalue weighted by atomic mass is 35.5. The molecule has 0 bridgehead atoms. The van der Waals surface area contributed by atoms with Gasteiger partial charge in [0.25, 0.3) is 10.0 Å². The number of nitrogens with zero attached hydrogens (tertiary/aromatic N) is 1. The lowest BCUT2D eigenvalue weighted by Gasteiger charge is -2.14. The molecule has 4 rings (SSSR count). The highest BCUT2D eigenvalue weighted by Gasteiger charge is 2.33. The molecule has 1 atom stereocenters. The Morgan fingerprint density at radius 3 is 2.68 bits per heavy atom. The fraction of sp³-hybridized carbons (Fsp3) is 0.200. The summed E-state index contributed by atoms with van der Waals surface area (Å²) in [6.07, 6.45) is 3.16. The van der Waals surface area contributed by atoms with Crippen molar-refractivity contribution in [2.24, 2.45) is 0 Å². The average molecular weight is 439 g/mol. The topological polar surface area (TPSA) is 51.1 Å². The first-order valence-electron chi connectivity index (χ1n) is 8.71. The SMILES string of the molecule is CNC1CCc2c1cn(S(=O)(=O)c1cccc(F)c1)c2-c1cc(Cl)ccc1Cl. The predicted molar refractivity (Wildman–Crippen MR) is 109 cm³/mol. The van der Waals surface area contributed by atoms with E-state index in [-0.39, 0.29) is 10.9 Å². The summed E-state index contributed by atoms with van der Waals surface area (Å²) >= 11 is 12.6. The van der Waals surface area contributed by atoms with Crippen molar-refractivity contribution in [1.82, 2.24) is 9.29 Å². The second kappa shape index (κ2) is 7.19. The third-order valence-electron chi connectivity index (χ3n) is 5.05. The Hall–Kier alpha value is -1.86. The molecule has 4 nitrogen and oxygen atoms in total. The zero-order chi connectivity index (χ0) is 20.1. The van der Waals surface area contributed by atoms with Gasteiger partial charge in [0, 0.05) is 22.8 Å². The number of aromatic nitrogens is 1. The van der Waals surface area contributed by atoms with Gasteiger partial charge < -0.3 is 5.32 Å². The first-order chi connectivity index (χ1) is 13.3. The van der Waals surface area contributed by atoms with E-state index in [2.05, 4.69) is 5.32 Å². The summed E-state index contributed by atoms with van der Waals surface area (Å²) in [6.45, 7) is 0.